The van der Waals surface area contributed by atoms with Gasteiger partial charge in [0.25, 0.3) is 0 Å². The molecule has 0 spiro atoms. The Balaban J connectivity index is 2.28. The molecule has 2 aromatic carbocycles. The second kappa shape index (κ2) is 5.55. The van der Waals surface area contributed by atoms with E-state index < -0.39 is 17.7 Å². The number of nitrogen functional groups attached to an aromatic ring is 1. The highest BCUT2D eigenvalue weighted by molar-refractivity contribution is 6.31. The summed E-state index contributed by atoms with van der Waals surface area (Å²) in [5.41, 5.74) is 6.66. The second-order valence-corrected chi connectivity index (χ2v) is 4.58. The van der Waals surface area contributed by atoms with E-state index >= 15 is 0 Å². The highest BCUT2D eigenvalue weighted by Crippen LogP contribution is 2.28. The van der Waals surface area contributed by atoms with Crippen LogP contribution in [0.15, 0.2) is 36.4 Å². The van der Waals surface area contributed by atoms with E-state index in [4.69, 9.17) is 17.3 Å². The van der Waals surface area contributed by atoms with Crippen LogP contribution in [0.2, 0.25) is 5.02 Å². The SMILES string of the molecule is Nc1ccc(F)cc1C(O)Cc1cccc(F)c1Cl. The predicted octanol–water partition coefficient (Wildman–Crippen LogP) is 3.48. The summed E-state index contributed by atoms with van der Waals surface area (Å²) in [7, 11) is 0. The molecule has 2 nitrogen and oxygen atoms in total. The second-order valence-electron chi connectivity index (χ2n) is 4.21. The Labute approximate surface area is 114 Å². The quantitative estimate of drug-likeness (QED) is 0.847. The Morgan fingerprint density at radius 1 is 1.21 bits per heavy atom. The first-order chi connectivity index (χ1) is 8.99. The lowest BCUT2D eigenvalue weighted by atomic mass is 10.00. The molecule has 2 rings (SSSR count). The summed E-state index contributed by atoms with van der Waals surface area (Å²) in [6.07, 6.45) is -0.987. The summed E-state index contributed by atoms with van der Waals surface area (Å²) in [5.74, 6) is -1.05. The molecule has 0 fully saturated rings. The normalized spacial score (nSPS) is 12.4. The molecule has 100 valence electrons. The highest BCUT2D eigenvalue weighted by atomic mass is 35.5. The maximum atomic E-state index is 13.3. The topological polar surface area (TPSA) is 46.2 Å². The fourth-order valence-electron chi connectivity index (χ4n) is 1.86. The van der Waals surface area contributed by atoms with Crippen LogP contribution < -0.4 is 5.73 Å². The Morgan fingerprint density at radius 3 is 2.68 bits per heavy atom. The van der Waals surface area contributed by atoms with E-state index in [1.54, 1.807) is 6.07 Å². The van der Waals surface area contributed by atoms with Gasteiger partial charge in [0.2, 0.25) is 0 Å². The Bertz CT molecular complexity index is 604. The standard InChI is InChI=1S/C14H12ClF2NO/c15-14-8(2-1-3-11(14)17)6-13(19)10-7-9(16)4-5-12(10)18/h1-5,7,13,19H,6,18H2. The van der Waals surface area contributed by atoms with Gasteiger partial charge < -0.3 is 10.8 Å². The van der Waals surface area contributed by atoms with Crippen LogP contribution in [0.3, 0.4) is 0 Å². The number of hydrogen-bond donors (Lipinski definition) is 2. The molecule has 19 heavy (non-hydrogen) atoms. The van der Waals surface area contributed by atoms with Crippen LogP contribution in [0.25, 0.3) is 0 Å². The first kappa shape index (κ1) is 13.8. The fourth-order valence-corrected chi connectivity index (χ4v) is 2.06. The number of nitrogens with two attached hydrogens (primary N) is 1. The van der Waals surface area contributed by atoms with Crippen LogP contribution in [0.1, 0.15) is 17.2 Å². The average Bonchev–Trinajstić information content (AvgIpc) is 2.38. The van der Waals surface area contributed by atoms with Crippen molar-refractivity contribution < 1.29 is 13.9 Å². The molecule has 0 amide bonds. The van der Waals surface area contributed by atoms with Crippen LogP contribution in [0.5, 0.6) is 0 Å². The van der Waals surface area contributed by atoms with Crippen molar-refractivity contribution in [3.8, 4) is 0 Å². The smallest absolute Gasteiger partial charge is 0.142 e. The molecule has 0 aliphatic heterocycles. The van der Waals surface area contributed by atoms with Crippen LogP contribution in [-0.4, -0.2) is 5.11 Å². The van der Waals surface area contributed by atoms with Gasteiger partial charge >= 0.3 is 0 Å². The van der Waals surface area contributed by atoms with Crippen molar-refractivity contribution in [2.45, 2.75) is 12.5 Å². The molecule has 0 saturated carbocycles. The third-order valence-corrected chi connectivity index (χ3v) is 3.28. The van der Waals surface area contributed by atoms with Gasteiger partial charge in [-0.05, 0) is 29.8 Å². The molecule has 0 heterocycles. The summed E-state index contributed by atoms with van der Waals surface area (Å²) in [6, 6.07) is 8.08. The number of benzene rings is 2. The largest absolute Gasteiger partial charge is 0.398 e. The summed E-state index contributed by atoms with van der Waals surface area (Å²) >= 11 is 5.80. The van der Waals surface area contributed by atoms with Gasteiger partial charge in [-0.25, -0.2) is 8.78 Å². The molecule has 1 unspecified atom stereocenters. The zero-order valence-corrected chi connectivity index (χ0v) is 10.7. The Hall–Kier alpha value is -1.65. The number of hydrogen-bond acceptors (Lipinski definition) is 2. The van der Waals surface area contributed by atoms with Gasteiger partial charge in [-0.2, -0.15) is 0 Å². The summed E-state index contributed by atoms with van der Waals surface area (Å²) in [5, 5.41) is 10.0. The Kier molecular flexibility index (Phi) is 4.02. The molecule has 2 aromatic rings. The minimum Gasteiger partial charge on any atom is -0.398 e. The third-order valence-electron chi connectivity index (χ3n) is 2.85. The lowest BCUT2D eigenvalue weighted by Crippen LogP contribution is -2.06. The fraction of sp³-hybridized carbons (Fsp3) is 0.143. The van der Waals surface area contributed by atoms with E-state index in [0.29, 0.717) is 5.56 Å². The number of aliphatic hydroxyl groups is 1. The monoisotopic (exact) mass is 283 g/mol. The zero-order chi connectivity index (χ0) is 14.0. The van der Waals surface area contributed by atoms with Crippen LogP contribution in [0, 0.1) is 11.6 Å². The molecule has 5 heteroatoms. The van der Waals surface area contributed by atoms with E-state index in [1.807, 2.05) is 0 Å². The predicted molar refractivity (Wildman–Crippen MR) is 70.9 cm³/mol. The number of aliphatic hydroxyl groups excluding tert-OH is 1. The maximum Gasteiger partial charge on any atom is 0.142 e. The third kappa shape index (κ3) is 3.03. The van der Waals surface area contributed by atoms with Gasteiger partial charge in [0.1, 0.15) is 11.6 Å². The van der Waals surface area contributed by atoms with Gasteiger partial charge in [0, 0.05) is 17.7 Å². The first-order valence-electron chi connectivity index (χ1n) is 5.65. The molecular formula is C14H12ClF2NO. The number of halogens is 3. The van der Waals surface area contributed by atoms with Crippen molar-refractivity contribution in [2.75, 3.05) is 5.73 Å². The average molecular weight is 284 g/mol. The molecule has 0 bridgehead atoms. The first-order valence-corrected chi connectivity index (χ1v) is 6.02. The summed E-state index contributed by atoms with van der Waals surface area (Å²) in [4.78, 5) is 0. The van der Waals surface area contributed by atoms with Crippen molar-refractivity contribution in [1.82, 2.24) is 0 Å². The van der Waals surface area contributed by atoms with Crippen LogP contribution >= 0.6 is 11.6 Å². The molecular weight excluding hydrogens is 272 g/mol. The van der Waals surface area contributed by atoms with Crippen molar-refractivity contribution in [1.29, 1.82) is 0 Å². The molecule has 0 saturated heterocycles. The van der Waals surface area contributed by atoms with Crippen LogP contribution in [0.4, 0.5) is 14.5 Å². The van der Waals surface area contributed by atoms with E-state index in [9.17, 15) is 13.9 Å². The zero-order valence-electron chi connectivity index (χ0n) is 9.91. The number of anilines is 1. The van der Waals surface area contributed by atoms with Crippen molar-refractivity contribution in [3.63, 3.8) is 0 Å². The van der Waals surface area contributed by atoms with Gasteiger partial charge in [0.05, 0.1) is 11.1 Å². The van der Waals surface area contributed by atoms with Crippen molar-refractivity contribution >= 4 is 17.3 Å². The van der Waals surface area contributed by atoms with Gasteiger partial charge in [0.15, 0.2) is 0 Å². The van der Waals surface area contributed by atoms with Gasteiger partial charge in [-0.3, -0.25) is 0 Å². The van der Waals surface area contributed by atoms with Gasteiger partial charge in [-0.15, -0.1) is 0 Å². The van der Waals surface area contributed by atoms with Gasteiger partial charge in [-0.1, -0.05) is 23.7 Å². The highest BCUT2D eigenvalue weighted by Gasteiger charge is 2.15. The van der Waals surface area contributed by atoms with Crippen molar-refractivity contribution in [3.05, 3.63) is 64.2 Å². The van der Waals surface area contributed by atoms with E-state index in [2.05, 4.69) is 0 Å². The molecule has 3 N–H and O–H groups in total. The summed E-state index contributed by atoms with van der Waals surface area (Å²) in [6.45, 7) is 0. The van der Waals surface area contributed by atoms with E-state index in [-0.39, 0.29) is 22.7 Å². The van der Waals surface area contributed by atoms with Crippen molar-refractivity contribution in [2.24, 2.45) is 0 Å². The lowest BCUT2D eigenvalue weighted by Gasteiger charge is -2.14. The van der Waals surface area contributed by atoms with E-state index in [1.165, 1.54) is 24.3 Å². The molecule has 0 radical (unpaired) electrons. The molecule has 0 aromatic heterocycles. The lowest BCUT2D eigenvalue weighted by molar-refractivity contribution is 0.178. The molecule has 0 aliphatic rings. The summed E-state index contributed by atoms with van der Waals surface area (Å²) < 4.78 is 26.4. The Morgan fingerprint density at radius 2 is 1.95 bits per heavy atom. The van der Waals surface area contributed by atoms with Crippen LogP contribution in [-0.2, 0) is 6.42 Å². The maximum absolute atomic E-state index is 13.3. The molecule has 1 atom stereocenters. The number of rotatable bonds is 3. The minimum atomic E-state index is -1.05. The van der Waals surface area contributed by atoms with E-state index in [0.717, 1.165) is 6.07 Å². The molecule has 0 aliphatic carbocycles. The minimum absolute atomic E-state index is 0.0449.